The van der Waals surface area contributed by atoms with E-state index in [-0.39, 0.29) is 0 Å². The van der Waals surface area contributed by atoms with Gasteiger partial charge in [-0.2, -0.15) is 0 Å². The van der Waals surface area contributed by atoms with Gasteiger partial charge < -0.3 is 5.32 Å². The number of unbranched alkanes of at least 4 members (excludes halogenated alkanes) is 1. The third-order valence-electron chi connectivity index (χ3n) is 2.33. The van der Waals surface area contributed by atoms with Gasteiger partial charge in [0, 0.05) is 22.0 Å². The Labute approximate surface area is 88.8 Å². The minimum Gasteiger partial charge on any atom is -0.384 e. The third-order valence-corrected chi connectivity index (χ3v) is 3.29. The van der Waals surface area contributed by atoms with Crippen molar-refractivity contribution in [3.05, 3.63) is 29.6 Å². The van der Waals surface area contributed by atoms with Gasteiger partial charge in [-0.25, -0.2) is 0 Å². The zero-order valence-electron chi connectivity index (χ0n) is 8.42. The van der Waals surface area contributed by atoms with Crippen LogP contribution in [0.1, 0.15) is 19.8 Å². The van der Waals surface area contributed by atoms with Crippen LogP contribution in [0.2, 0.25) is 0 Å². The lowest BCUT2D eigenvalue weighted by Gasteiger charge is -2.02. The van der Waals surface area contributed by atoms with Crippen LogP contribution in [0.15, 0.2) is 29.6 Å². The molecule has 0 saturated carbocycles. The van der Waals surface area contributed by atoms with Gasteiger partial charge in [-0.1, -0.05) is 31.5 Å². The molecule has 2 rings (SSSR count). The number of anilines is 1. The Morgan fingerprint density at radius 2 is 2.14 bits per heavy atom. The fraction of sp³-hybridized carbons (Fsp3) is 0.333. The van der Waals surface area contributed by atoms with Crippen molar-refractivity contribution < 1.29 is 0 Å². The van der Waals surface area contributed by atoms with E-state index in [9.17, 15) is 0 Å². The molecule has 0 unspecified atom stereocenters. The quantitative estimate of drug-likeness (QED) is 0.740. The molecule has 0 amide bonds. The van der Waals surface area contributed by atoms with E-state index >= 15 is 0 Å². The Hall–Kier alpha value is -1.02. The molecule has 0 bridgehead atoms. The van der Waals surface area contributed by atoms with Gasteiger partial charge in [0.2, 0.25) is 0 Å². The van der Waals surface area contributed by atoms with E-state index in [4.69, 9.17) is 0 Å². The van der Waals surface area contributed by atoms with E-state index in [1.807, 2.05) is 11.3 Å². The molecule has 0 aliphatic carbocycles. The molecule has 0 radical (unpaired) electrons. The molecular formula is C12H15NS. The Balaban J connectivity index is 2.17. The lowest BCUT2D eigenvalue weighted by atomic mass is 10.2. The van der Waals surface area contributed by atoms with E-state index in [1.165, 1.54) is 28.6 Å². The monoisotopic (exact) mass is 205 g/mol. The number of hydrogen-bond acceptors (Lipinski definition) is 2. The number of fused-ring (bicyclic) bond motifs is 1. The van der Waals surface area contributed by atoms with E-state index < -0.39 is 0 Å². The van der Waals surface area contributed by atoms with Crippen LogP contribution in [0.3, 0.4) is 0 Å². The first-order valence-electron chi connectivity index (χ1n) is 5.12. The van der Waals surface area contributed by atoms with E-state index in [2.05, 4.69) is 41.9 Å². The largest absolute Gasteiger partial charge is 0.384 e. The van der Waals surface area contributed by atoms with Crippen LogP contribution >= 0.6 is 11.3 Å². The maximum Gasteiger partial charge on any atom is 0.0528 e. The van der Waals surface area contributed by atoms with Gasteiger partial charge in [-0.05, 0) is 12.5 Å². The van der Waals surface area contributed by atoms with Crippen molar-refractivity contribution in [2.75, 3.05) is 11.9 Å². The second-order valence-corrected chi connectivity index (χ2v) is 4.34. The number of nitrogens with one attached hydrogen (secondary N) is 1. The fourth-order valence-electron chi connectivity index (χ4n) is 1.51. The number of benzene rings is 1. The topological polar surface area (TPSA) is 12.0 Å². The van der Waals surface area contributed by atoms with E-state index in [0.29, 0.717) is 0 Å². The summed E-state index contributed by atoms with van der Waals surface area (Å²) < 4.78 is 1.37. The molecule has 0 saturated heterocycles. The molecule has 0 atom stereocenters. The maximum atomic E-state index is 3.48. The lowest BCUT2D eigenvalue weighted by molar-refractivity contribution is 0.835. The molecular weight excluding hydrogens is 190 g/mol. The van der Waals surface area contributed by atoms with Crippen LogP contribution in [0.25, 0.3) is 10.1 Å². The summed E-state index contributed by atoms with van der Waals surface area (Å²) in [5.74, 6) is 0. The number of hydrogen-bond donors (Lipinski definition) is 1. The molecule has 1 aromatic carbocycles. The molecule has 0 fully saturated rings. The summed E-state index contributed by atoms with van der Waals surface area (Å²) in [5, 5.41) is 7.04. The van der Waals surface area contributed by atoms with Crippen LogP contribution in [-0.4, -0.2) is 6.54 Å². The maximum absolute atomic E-state index is 3.48. The molecule has 0 aliphatic heterocycles. The Morgan fingerprint density at radius 3 is 3.00 bits per heavy atom. The zero-order valence-corrected chi connectivity index (χ0v) is 9.23. The molecule has 14 heavy (non-hydrogen) atoms. The summed E-state index contributed by atoms with van der Waals surface area (Å²) in [5.41, 5.74) is 1.29. The van der Waals surface area contributed by atoms with Crippen LogP contribution in [0.4, 0.5) is 5.69 Å². The SMILES string of the molecule is CCCCNc1csc2ccccc12. The highest BCUT2D eigenvalue weighted by atomic mass is 32.1. The summed E-state index contributed by atoms with van der Waals surface area (Å²) >= 11 is 1.81. The number of rotatable bonds is 4. The first kappa shape index (κ1) is 9.53. The zero-order chi connectivity index (χ0) is 9.80. The van der Waals surface area contributed by atoms with Gasteiger partial charge in [-0.3, -0.25) is 0 Å². The predicted octanol–water partition coefficient (Wildman–Crippen LogP) is 4.11. The van der Waals surface area contributed by atoms with Crippen molar-refractivity contribution in [3.8, 4) is 0 Å². The minimum absolute atomic E-state index is 1.08. The molecule has 1 N–H and O–H groups in total. The van der Waals surface area contributed by atoms with Gasteiger partial charge >= 0.3 is 0 Å². The van der Waals surface area contributed by atoms with Crippen molar-refractivity contribution in [3.63, 3.8) is 0 Å². The molecule has 1 heterocycles. The highest BCUT2D eigenvalue weighted by Gasteiger charge is 2.00. The van der Waals surface area contributed by atoms with Crippen molar-refractivity contribution >= 4 is 27.1 Å². The fourth-order valence-corrected chi connectivity index (χ4v) is 2.43. The second-order valence-electron chi connectivity index (χ2n) is 3.43. The summed E-state index contributed by atoms with van der Waals surface area (Å²) in [4.78, 5) is 0. The minimum atomic E-state index is 1.08. The summed E-state index contributed by atoms with van der Waals surface area (Å²) in [7, 11) is 0. The predicted molar refractivity (Wildman–Crippen MR) is 65.2 cm³/mol. The smallest absolute Gasteiger partial charge is 0.0528 e. The molecule has 2 aromatic rings. The lowest BCUT2D eigenvalue weighted by Crippen LogP contribution is -1.99. The van der Waals surface area contributed by atoms with Gasteiger partial charge in [-0.15, -0.1) is 11.3 Å². The number of thiophene rings is 1. The Morgan fingerprint density at radius 1 is 1.29 bits per heavy atom. The molecule has 2 heteroatoms. The molecule has 1 aromatic heterocycles. The van der Waals surface area contributed by atoms with E-state index in [0.717, 1.165) is 6.54 Å². The van der Waals surface area contributed by atoms with Crippen LogP contribution in [-0.2, 0) is 0 Å². The van der Waals surface area contributed by atoms with Crippen LogP contribution in [0, 0.1) is 0 Å². The molecule has 0 spiro atoms. The molecule has 74 valence electrons. The first-order chi connectivity index (χ1) is 6.92. The van der Waals surface area contributed by atoms with Gasteiger partial charge in [0.05, 0.1) is 5.69 Å². The van der Waals surface area contributed by atoms with Gasteiger partial charge in [0.25, 0.3) is 0 Å². The van der Waals surface area contributed by atoms with E-state index in [1.54, 1.807) is 0 Å². The third kappa shape index (κ3) is 1.90. The van der Waals surface area contributed by atoms with Crippen LogP contribution in [0.5, 0.6) is 0 Å². The van der Waals surface area contributed by atoms with Crippen molar-refractivity contribution in [2.45, 2.75) is 19.8 Å². The first-order valence-corrected chi connectivity index (χ1v) is 6.00. The van der Waals surface area contributed by atoms with Crippen molar-refractivity contribution in [1.82, 2.24) is 0 Å². The van der Waals surface area contributed by atoms with Crippen molar-refractivity contribution in [2.24, 2.45) is 0 Å². The Bertz CT molecular complexity index is 405. The molecule has 1 nitrogen and oxygen atoms in total. The highest BCUT2D eigenvalue weighted by Crippen LogP contribution is 2.29. The van der Waals surface area contributed by atoms with Gasteiger partial charge in [0.15, 0.2) is 0 Å². The van der Waals surface area contributed by atoms with Crippen molar-refractivity contribution in [1.29, 1.82) is 0 Å². The summed E-state index contributed by atoms with van der Waals surface area (Å²) in [6.45, 7) is 3.30. The summed E-state index contributed by atoms with van der Waals surface area (Å²) in [6, 6.07) is 8.54. The summed E-state index contributed by atoms with van der Waals surface area (Å²) in [6.07, 6.45) is 2.49. The average molecular weight is 205 g/mol. The standard InChI is InChI=1S/C12H15NS/c1-2-3-8-13-11-9-14-12-7-5-4-6-10(11)12/h4-7,9,13H,2-3,8H2,1H3. The van der Waals surface area contributed by atoms with Crippen LogP contribution < -0.4 is 5.32 Å². The van der Waals surface area contributed by atoms with Gasteiger partial charge in [0.1, 0.15) is 0 Å². The normalized spacial score (nSPS) is 10.6. The Kier molecular flexibility index (Phi) is 3.04. The highest BCUT2D eigenvalue weighted by molar-refractivity contribution is 7.17. The average Bonchev–Trinajstić information content (AvgIpc) is 2.63. The second kappa shape index (κ2) is 4.47. The molecule has 0 aliphatic rings.